The average Bonchev–Trinajstić information content (AvgIpc) is 2.65. The third-order valence-electron chi connectivity index (χ3n) is 2.53. The van der Waals surface area contributed by atoms with E-state index < -0.39 is 0 Å². The molecule has 1 aromatic rings. The number of nitrogens with zero attached hydrogens (tertiary/aromatic N) is 1. The second kappa shape index (κ2) is 3.95. The molecule has 80 valence electrons. The molecular weight excluding hydrogens is 186 g/mol. The van der Waals surface area contributed by atoms with Gasteiger partial charge < -0.3 is 5.43 Å². The maximum absolute atomic E-state index is 3.06. The van der Waals surface area contributed by atoms with Gasteiger partial charge in [-0.3, -0.25) is 5.01 Å². The van der Waals surface area contributed by atoms with Crippen molar-refractivity contribution in [3.8, 4) is 0 Å². The second-order valence-corrected chi connectivity index (χ2v) is 4.17. The van der Waals surface area contributed by atoms with Gasteiger partial charge in [0.15, 0.2) is 0 Å². The average molecular weight is 203 g/mol. The molecule has 1 aliphatic rings. The highest BCUT2D eigenvalue weighted by Crippen LogP contribution is 2.20. The van der Waals surface area contributed by atoms with Crippen molar-refractivity contribution in [1.29, 1.82) is 0 Å². The molecule has 15 heavy (non-hydrogen) atoms. The molecule has 0 aliphatic carbocycles. The van der Waals surface area contributed by atoms with Gasteiger partial charge in [0.2, 0.25) is 0 Å². The lowest BCUT2D eigenvalue weighted by Crippen LogP contribution is -2.36. The molecule has 0 aromatic heterocycles. The zero-order valence-electron chi connectivity index (χ0n) is 9.41. The number of hydrazine groups is 2. The minimum absolute atomic E-state index is 0.584. The van der Waals surface area contributed by atoms with E-state index in [0.29, 0.717) is 5.92 Å². The monoisotopic (exact) mass is 203 g/mol. The summed E-state index contributed by atoms with van der Waals surface area (Å²) in [4.78, 5) is 0. The third kappa shape index (κ3) is 2.13. The van der Waals surface area contributed by atoms with Crippen molar-refractivity contribution >= 4 is 5.69 Å². The molecule has 0 fully saturated rings. The first kappa shape index (κ1) is 10.1. The number of rotatable bonds is 2. The lowest BCUT2D eigenvalue weighted by atomic mass is 10.0. The van der Waals surface area contributed by atoms with E-state index in [0.717, 1.165) is 11.4 Å². The van der Waals surface area contributed by atoms with Crippen LogP contribution in [0.3, 0.4) is 0 Å². The van der Waals surface area contributed by atoms with Crippen molar-refractivity contribution in [2.75, 3.05) is 5.01 Å². The summed E-state index contributed by atoms with van der Waals surface area (Å²) >= 11 is 0. The van der Waals surface area contributed by atoms with Gasteiger partial charge in [-0.05, 0) is 30.5 Å². The maximum Gasteiger partial charge on any atom is 0.0589 e. The van der Waals surface area contributed by atoms with Gasteiger partial charge in [0.25, 0.3) is 0 Å². The highest BCUT2D eigenvalue weighted by molar-refractivity contribution is 5.50. The molecule has 0 unspecified atom stereocenters. The highest BCUT2D eigenvalue weighted by atomic mass is 15.7. The predicted molar refractivity (Wildman–Crippen MR) is 63.0 cm³/mol. The van der Waals surface area contributed by atoms with Crippen LogP contribution in [0.5, 0.6) is 0 Å². The Morgan fingerprint density at radius 2 is 1.80 bits per heavy atom. The van der Waals surface area contributed by atoms with Crippen LogP contribution in [-0.4, -0.2) is 0 Å². The Labute approximate surface area is 90.7 Å². The summed E-state index contributed by atoms with van der Waals surface area (Å²) in [6.45, 7) is 6.43. The van der Waals surface area contributed by atoms with E-state index in [2.05, 4.69) is 49.1 Å². The van der Waals surface area contributed by atoms with Gasteiger partial charge in [0.1, 0.15) is 0 Å². The molecule has 0 radical (unpaired) electrons. The molecule has 3 nitrogen and oxygen atoms in total. The Kier molecular flexibility index (Phi) is 2.64. The lowest BCUT2D eigenvalue weighted by Gasteiger charge is -2.16. The molecule has 1 aliphatic heterocycles. The van der Waals surface area contributed by atoms with E-state index in [9.17, 15) is 0 Å². The van der Waals surface area contributed by atoms with E-state index in [1.54, 1.807) is 0 Å². The minimum atomic E-state index is 0.584. The number of benzene rings is 1. The summed E-state index contributed by atoms with van der Waals surface area (Å²) in [7, 11) is 0. The Bertz CT molecular complexity index is 365. The number of anilines is 1. The molecule has 0 bridgehead atoms. The van der Waals surface area contributed by atoms with E-state index in [4.69, 9.17) is 0 Å². The summed E-state index contributed by atoms with van der Waals surface area (Å²) in [5.74, 6) is 0.584. The number of hydrogen-bond acceptors (Lipinski definition) is 3. The SMILES string of the molecule is CC1=CN(c2ccc(C(C)C)cc2)NN1. The van der Waals surface area contributed by atoms with Gasteiger partial charge in [0.05, 0.1) is 5.69 Å². The smallest absolute Gasteiger partial charge is 0.0589 e. The van der Waals surface area contributed by atoms with Crippen LogP contribution in [0.4, 0.5) is 5.69 Å². The predicted octanol–water partition coefficient (Wildman–Crippen LogP) is 2.50. The van der Waals surface area contributed by atoms with Crippen LogP contribution in [-0.2, 0) is 0 Å². The molecule has 0 saturated heterocycles. The van der Waals surface area contributed by atoms with E-state index in [1.807, 2.05) is 18.1 Å². The van der Waals surface area contributed by atoms with Crippen LogP contribution in [0.2, 0.25) is 0 Å². The topological polar surface area (TPSA) is 27.3 Å². The van der Waals surface area contributed by atoms with Crippen LogP contribution >= 0.6 is 0 Å². The summed E-state index contributed by atoms with van der Waals surface area (Å²) in [6, 6.07) is 8.59. The largest absolute Gasteiger partial charge is 0.306 e. The van der Waals surface area contributed by atoms with Crippen molar-refractivity contribution in [1.82, 2.24) is 11.0 Å². The van der Waals surface area contributed by atoms with Crippen LogP contribution in [0.15, 0.2) is 36.2 Å². The van der Waals surface area contributed by atoms with Crippen molar-refractivity contribution in [2.24, 2.45) is 0 Å². The molecule has 2 N–H and O–H groups in total. The van der Waals surface area contributed by atoms with Crippen molar-refractivity contribution in [3.05, 3.63) is 41.7 Å². The van der Waals surface area contributed by atoms with Crippen molar-refractivity contribution in [2.45, 2.75) is 26.7 Å². The number of hydrogen-bond donors (Lipinski definition) is 2. The summed E-state index contributed by atoms with van der Waals surface area (Å²) in [5, 5.41) is 1.97. The fraction of sp³-hybridized carbons (Fsp3) is 0.333. The maximum atomic E-state index is 3.06. The fourth-order valence-corrected chi connectivity index (χ4v) is 1.57. The third-order valence-corrected chi connectivity index (χ3v) is 2.53. The first-order valence-corrected chi connectivity index (χ1v) is 5.26. The molecule has 3 heteroatoms. The van der Waals surface area contributed by atoms with E-state index >= 15 is 0 Å². The fourth-order valence-electron chi connectivity index (χ4n) is 1.57. The molecule has 0 saturated carbocycles. The Morgan fingerprint density at radius 1 is 1.13 bits per heavy atom. The molecule has 0 spiro atoms. The standard InChI is InChI=1S/C12H17N3/c1-9(2)11-4-6-12(7-5-11)15-8-10(3)13-14-15/h4-9,13-14H,1-3H3. The minimum Gasteiger partial charge on any atom is -0.306 e. The van der Waals surface area contributed by atoms with Crippen LogP contribution in [0, 0.1) is 0 Å². The van der Waals surface area contributed by atoms with Gasteiger partial charge >= 0.3 is 0 Å². The zero-order valence-corrected chi connectivity index (χ0v) is 9.41. The first-order chi connectivity index (χ1) is 7.16. The summed E-state index contributed by atoms with van der Waals surface area (Å²) < 4.78 is 0. The number of allylic oxidation sites excluding steroid dienone is 1. The van der Waals surface area contributed by atoms with E-state index in [-0.39, 0.29) is 0 Å². The van der Waals surface area contributed by atoms with Crippen LogP contribution in [0.1, 0.15) is 32.3 Å². The highest BCUT2D eigenvalue weighted by Gasteiger charge is 2.09. The Balaban J connectivity index is 2.17. The molecule has 0 amide bonds. The first-order valence-electron chi connectivity index (χ1n) is 5.26. The summed E-state index contributed by atoms with van der Waals surface area (Å²) in [5.41, 5.74) is 9.73. The molecule has 0 atom stereocenters. The second-order valence-electron chi connectivity index (χ2n) is 4.17. The molecular formula is C12H17N3. The van der Waals surface area contributed by atoms with Crippen LogP contribution in [0.25, 0.3) is 0 Å². The zero-order chi connectivity index (χ0) is 10.8. The van der Waals surface area contributed by atoms with Gasteiger partial charge in [-0.2, -0.15) is 0 Å². The van der Waals surface area contributed by atoms with E-state index in [1.165, 1.54) is 5.56 Å². The van der Waals surface area contributed by atoms with Crippen LogP contribution < -0.4 is 16.0 Å². The normalized spacial score (nSPS) is 15.5. The molecule has 1 heterocycles. The lowest BCUT2D eigenvalue weighted by molar-refractivity contribution is 0.660. The van der Waals surface area contributed by atoms with Gasteiger partial charge in [-0.25, -0.2) is 0 Å². The van der Waals surface area contributed by atoms with Gasteiger partial charge in [-0.1, -0.05) is 26.0 Å². The Morgan fingerprint density at radius 3 is 2.27 bits per heavy atom. The van der Waals surface area contributed by atoms with Crippen molar-refractivity contribution in [3.63, 3.8) is 0 Å². The molecule has 2 rings (SSSR count). The van der Waals surface area contributed by atoms with Crippen molar-refractivity contribution < 1.29 is 0 Å². The quantitative estimate of drug-likeness (QED) is 0.773. The van der Waals surface area contributed by atoms with Gasteiger partial charge in [0, 0.05) is 11.9 Å². The summed E-state index contributed by atoms with van der Waals surface area (Å²) in [6.07, 6.45) is 2.03. The number of nitrogens with one attached hydrogen (secondary N) is 2. The molecule has 1 aromatic carbocycles. The Hall–Kier alpha value is -1.48. The van der Waals surface area contributed by atoms with Gasteiger partial charge in [-0.15, -0.1) is 5.53 Å².